The first-order valence-electron chi connectivity index (χ1n) is 21.8. The molecule has 8 aromatic rings. The van der Waals surface area contributed by atoms with Crippen molar-refractivity contribution >= 4 is 79.7 Å². The third-order valence-electron chi connectivity index (χ3n) is 12.1. The number of ether oxygens (including phenoxy) is 1. The summed E-state index contributed by atoms with van der Waals surface area (Å²) in [5, 5.41) is 6.73. The SMILES string of the molecule is CCOC(=O)C1=NN(c2ccc(F)cc2Br)C(c2cc3[nH]c2c(-c2ccccc2)c2nc(c(-c4ccccc4)c4ccc([nH]4)c(-c4ccccc4)c4nc(c3-c3ccccc3)C=C4)C=C2)C1. The molecular formula is C56H40BrFN6O2. The summed E-state index contributed by atoms with van der Waals surface area (Å²) in [5.41, 5.74) is 15.7. The van der Waals surface area contributed by atoms with Gasteiger partial charge in [0.05, 0.1) is 46.6 Å². The summed E-state index contributed by atoms with van der Waals surface area (Å²) in [5.74, 6) is -0.909. The fraction of sp³-hybridized carbons (Fsp3) is 0.0714. The predicted octanol–water partition coefficient (Wildman–Crippen LogP) is 14.1. The number of esters is 1. The molecule has 10 heteroatoms. The van der Waals surface area contributed by atoms with Crippen molar-refractivity contribution in [3.05, 3.63) is 196 Å². The molecule has 6 heterocycles. The van der Waals surface area contributed by atoms with E-state index in [0.29, 0.717) is 10.2 Å². The van der Waals surface area contributed by atoms with Crippen molar-refractivity contribution in [1.82, 2.24) is 19.9 Å². The average Bonchev–Trinajstić information content (AvgIpc) is 4.22. The number of nitrogens with zero attached hydrogens (tertiary/aromatic N) is 4. The van der Waals surface area contributed by atoms with E-state index in [-0.39, 0.29) is 18.7 Å². The minimum Gasteiger partial charge on any atom is -0.461 e. The van der Waals surface area contributed by atoms with Gasteiger partial charge >= 0.3 is 5.97 Å². The summed E-state index contributed by atoms with van der Waals surface area (Å²) >= 11 is 3.63. The lowest BCUT2D eigenvalue weighted by atomic mass is 9.96. The van der Waals surface area contributed by atoms with Gasteiger partial charge in [0.15, 0.2) is 0 Å². The van der Waals surface area contributed by atoms with Crippen LogP contribution in [-0.2, 0) is 9.53 Å². The van der Waals surface area contributed by atoms with Crippen LogP contribution in [0.1, 0.15) is 47.7 Å². The first-order chi connectivity index (χ1) is 32.4. The van der Waals surface area contributed by atoms with Crippen molar-refractivity contribution in [2.75, 3.05) is 11.6 Å². The van der Waals surface area contributed by atoms with Crippen molar-refractivity contribution < 1.29 is 13.9 Å². The van der Waals surface area contributed by atoms with E-state index in [1.54, 1.807) is 18.0 Å². The molecule has 2 N–H and O–H groups in total. The quantitative estimate of drug-likeness (QED) is 0.148. The topological polar surface area (TPSA) is 99.3 Å². The molecule has 8 bridgehead atoms. The third-order valence-corrected chi connectivity index (χ3v) is 12.7. The van der Waals surface area contributed by atoms with Gasteiger partial charge in [0.1, 0.15) is 11.5 Å². The lowest BCUT2D eigenvalue weighted by Gasteiger charge is -2.25. The van der Waals surface area contributed by atoms with Crippen molar-refractivity contribution in [3.63, 3.8) is 0 Å². The second kappa shape index (κ2) is 17.2. The lowest BCUT2D eigenvalue weighted by Crippen LogP contribution is -2.19. The predicted molar refractivity (Wildman–Crippen MR) is 269 cm³/mol. The highest BCUT2D eigenvalue weighted by Gasteiger charge is 2.36. The molecule has 3 aromatic heterocycles. The molecule has 8 nitrogen and oxygen atoms in total. The summed E-state index contributed by atoms with van der Waals surface area (Å²) < 4.78 is 20.8. The molecule has 1 atom stereocenters. The Labute approximate surface area is 388 Å². The number of H-pyrrole nitrogens is 2. The highest BCUT2D eigenvalue weighted by molar-refractivity contribution is 9.10. The molecule has 0 fully saturated rings. The number of halogens is 2. The highest BCUT2D eigenvalue weighted by atomic mass is 79.9. The van der Waals surface area contributed by atoms with Crippen LogP contribution in [0.5, 0.6) is 0 Å². The number of hydrazone groups is 1. The van der Waals surface area contributed by atoms with Crippen LogP contribution < -0.4 is 5.01 Å². The molecule has 1 unspecified atom stereocenters. The second-order valence-corrected chi connectivity index (χ2v) is 17.0. The maximum atomic E-state index is 14.7. The van der Waals surface area contributed by atoms with Gasteiger partial charge in [-0.05, 0) is 106 Å². The van der Waals surface area contributed by atoms with Crippen LogP contribution in [-0.4, -0.2) is 38.2 Å². The van der Waals surface area contributed by atoms with Gasteiger partial charge in [-0.25, -0.2) is 19.2 Å². The second-order valence-electron chi connectivity index (χ2n) is 16.1. The van der Waals surface area contributed by atoms with Crippen LogP contribution in [0.25, 0.3) is 90.9 Å². The minimum atomic E-state index is -0.553. The van der Waals surface area contributed by atoms with Crippen molar-refractivity contribution in [2.24, 2.45) is 5.10 Å². The van der Waals surface area contributed by atoms with E-state index in [1.165, 1.54) is 12.1 Å². The largest absolute Gasteiger partial charge is 0.461 e. The number of hydrogen-bond donors (Lipinski definition) is 2. The van der Waals surface area contributed by atoms with Gasteiger partial charge in [0.2, 0.25) is 0 Å². The van der Waals surface area contributed by atoms with Gasteiger partial charge in [-0.15, -0.1) is 0 Å². The highest BCUT2D eigenvalue weighted by Crippen LogP contribution is 2.45. The zero-order valence-corrected chi connectivity index (χ0v) is 37.3. The summed E-state index contributed by atoms with van der Waals surface area (Å²) in [6, 6.07) is 51.4. The summed E-state index contributed by atoms with van der Waals surface area (Å²) in [4.78, 5) is 32.4. The fourth-order valence-corrected chi connectivity index (χ4v) is 9.72. The van der Waals surface area contributed by atoms with Crippen LogP contribution in [0, 0.1) is 5.82 Å². The number of hydrogen-bond acceptors (Lipinski definition) is 6. The molecule has 11 rings (SSSR count). The van der Waals surface area contributed by atoms with Crippen molar-refractivity contribution in [2.45, 2.75) is 19.4 Å². The molecular weight excluding hydrogens is 888 g/mol. The molecule has 0 radical (unpaired) electrons. The third kappa shape index (κ3) is 7.44. The number of carbonyl (C=O) groups is 1. The minimum absolute atomic E-state index is 0.193. The Balaban J connectivity index is 1.32. The number of fused-ring (bicyclic) bond motifs is 8. The van der Waals surface area contributed by atoms with E-state index in [2.05, 4.69) is 117 Å². The van der Waals surface area contributed by atoms with Gasteiger partial charge in [-0.1, -0.05) is 121 Å². The maximum absolute atomic E-state index is 14.7. The molecule has 3 aliphatic rings. The van der Waals surface area contributed by atoms with Gasteiger partial charge in [0, 0.05) is 55.3 Å². The van der Waals surface area contributed by atoms with Crippen LogP contribution in [0.15, 0.2) is 167 Å². The molecule has 66 heavy (non-hydrogen) atoms. The Hall–Kier alpha value is -7.95. The van der Waals surface area contributed by atoms with Crippen molar-refractivity contribution in [3.8, 4) is 44.5 Å². The molecule has 0 aliphatic carbocycles. The zero-order chi connectivity index (χ0) is 44.7. The Morgan fingerprint density at radius 3 is 1.58 bits per heavy atom. The summed E-state index contributed by atoms with van der Waals surface area (Å²) in [7, 11) is 0. The molecule has 0 saturated heterocycles. The Kier molecular flexibility index (Phi) is 10.6. The van der Waals surface area contributed by atoms with Crippen LogP contribution in [0.2, 0.25) is 0 Å². The number of rotatable bonds is 8. The Morgan fingerprint density at radius 2 is 1.09 bits per heavy atom. The molecule has 0 saturated carbocycles. The standard InChI is InChI=1S/C56H40BrFN6O2/c1-2-66-56(65)48-33-50(64(63-48)49-30-23-38(58)31-40(49)57)39-32-47-53(36-19-11-5-12-20-36)45-27-26-43(60-45)51(34-15-7-3-8-16-34)41-24-25-42(59-41)52(35-17-9-4-10-18-35)44-28-29-46(61-44)54(55(39)62-47)37-21-13-6-14-22-37/h3-32,50,59,62H,2,33H2,1H3. The zero-order valence-electron chi connectivity index (χ0n) is 35.7. The fourth-order valence-electron chi connectivity index (χ4n) is 9.19. The molecule has 3 aliphatic heterocycles. The summed E-state index contributed by atoms with van der Waals surface area (Å²) in [6.07, 6.45) is 8.53. The van der Waals surface area contributed by atoms with E-state index in [1.807, 2.05) is 72.8 Å². The molecule has 0 amide bonds. The number of carbonyl (C=O) groups excluding carboxylic acids is 1. The average molecular weight is 928 g/mol. The number of benzene rings is 5. The molecule has 0 spiro atoms. The van der Waals surface area contributed by atoms with Crippen LogP contribution in [0.4, 0.5) is 10.1 Å². The number of anilines is 1. The number of aromatic amines is 2. The molecule has 320 valence electrons. The first kappa shape index (κ1) is 40.8. The van der Waals surface area contributed by atoms with Crippen molar-refractivity contribution in [1.29, 1.82) is 0 Å². The molecule has 5 aromatic carbocycles. The van der Waals surface area contributed by atoms with Gasteiger partial charge in [-0.3, -0.25) is 5.01 Å². The Morgan fingerprint density at radius 1 is 0.621 bits per heavy atom. The van der Waals surface area contributed by atoms with E-state index >= 15 is 0 Å². The van der Waals surface area contributed by atoms with E-state index in [0.717, 1.165) is 94.9 Å². The number of aromatic nitrogens is 4. The monoisotopic (exact) mass is 926 g/mol. The van der Waals surface area contributed by atoms with E-state index < -0.39 is 17.8 Å². The lowest BCUT2D eigenvalue weighted by molar-refractivity contribution is -0.135. The normalized spacial score (nSPS) is 14.1. The van der Waals surface area contributed by atoms with Crippen LogP contribution in [0.3, 0.4) is 0 Å². The van der Waals surface area contributed by atoms with Gasteiger partial charge < -0.3 is 14.7 Å². The maximum Gasteiger partial charge on any atom is 0.354 e. The van der Waals surface area contributed by atoms with Gasteiger partial charge in [0.25, 0.3) is 0 Å². The van der Waals surface area contributed by atoms with Crippen LogP contribution >= 0.6 is 15.9 Å². The summed E-state index contributed by atoms with van der Waals surface area (Å²) in [6.45, 7) is 1.97. The first-order valence-corrected chi connectivity index (χ1v) is 22.6. The Bertz CT molecular complexity index is 3460. The van der Waals surface area contributed by atoms with Gasteiger partial charge in [-0.2, -0.15) is 5.10 Å². The van der Waals surface area contributed by atoms with E-state index in [4.69, 9.17) is 19.8 Å². The number of nitrogens with one attached hydrogen (secondary N) is 2. The smallest absolute Gasteiger partial charge is 0.354 e. The van der Waals surface area contributed by atoms with E-state index in [9.17, 15) is 9.18 Å².